The van der Waals surface area contributed by atoms with Crippen LogP contribution in [0.2, 0.25) is 0 Å². The molecule has 0 saturated carbocycles. The van der Waals surface area contributed by atoms with Crippen LogP contribution in [0.5, 0.6) is 0 Å². The summed E-state index contributed by atoms with van der Waals surface area (Å²) in [7, 11) is 1.48. The number of carbonyl (C=O) groups is 2. The molecule has 2 amide bonds. The first-order valence-electron chi connectivity index (χ1n) is 5.24. The molecule has 0 bridgehead atoms. The summed E-state index contributed by atoms with van der Waals surface area (Å²) in [4.78, 5) is 24.2. The van der Waals surface area contributed by atoms with Gasteiger partial charge in [-0.05, 0) is 18.6 Å². The Hall–Kier alpha value is -2.18. The van der Waals surface area contributed by atoms with Gasteiger partial charge in [-0.25, -0.2) is 0 Å². The number of nitrogen functional groups attached to an aromatic ring is 1. The van der Waals surface area contributed by atoms with Crippen LogP contribution in [0.25, 0.3) is 0 Å². The summed E-state index contributed by atoms with van der Waals surface area (Å²) in [6.07, 6.45) is 0.816. The highest BCUT2D eigenvalue weighted by Gasteiger charge is 2.31. The van der Waals surface area contributed by atoms with Crippen LogP contribution in [0.4, 0.5) is 11.6 Å². The number of hydrogen-bond donors (Lipinski definition) is 2. The predicted molar refractivity (Wildman–Crippen MR) is 60.9 cm³/mol. The smallest absolute Gasteiger partial charge is 0.251 e. The lowest BCUT2D eigenvalue weighted by Crippen LogP contribution is -2.48. The van der Waals surface area contributed by atoms with E-state index >= 15 is 0 Å². The van der Waals surface area contributed by atoms with Gasteiger partial charge in [0, 0.05) is 13.5 Å². The van der Waals surface area contributed by atoms with Gasteiger partial charge in [-0.15, -0.1) is 10.2 Å². The second-order valence-electron chi connectivity index (χ2n) is 3.87. The van der Waals surface area contributed by atoms with Crippen LogP contribution in [-0.2, 0) is 9.59 Å². The summed E-state index contributed by atoms with van der Waals surface area (Å²) in [5, 5.41) is 10.4. The van der Waals surface area contributed by atoms with Crippen LogP contribution in [0, 0.1) is 0 Å². The van der Waals surface area contributed by atoms with Crippen molar-refractivity contribution >= 4 is 23.5 Å². The monoisotopic (exact) mass is 235 g/mol. The van der Waals surface area contributed by atoms with Gasteiger partial charge in [-0.1, -0.05) is 0 Å². The number of nitrogens with two attached hydrogens (primary N) is 1. The maximum Gasteiger partial charge on any atom is 0.251 e. The summed E-state index contributed by atoms with van der Waals surface area (Å²) in [5.41, 5.74) is 5.41. The van der Waals surface area contributed by atoms with Gasteiger partial charge >= 0.3 is 0 Å². The summed E-state index contributed by atoms with van der Waals surface area (Å²) in [5.74, 6) is 0.384. The molecule has 0 aliphatic carbocycles. The Labute approximate surface area is 98.0 Å². The molecule has 0 radical (unpaired) electrons. The van der Waals surface area contributed by atoms with Crippen LogP contribution < -0.4 is 11.1 Å². The molecular formula is C10H13N5O2. The number of rotatable bonds is 2. The number of likely N-dealkylation sites (N-methyl/N-ethyl adjacent to an activating group) is 1. The lowest BCUT2D eigenvalue weighted by atomic mass is 10.0. The van der Waals surface area contributed by atoms with Crippen molar-refractivity contribution in [2.45, 2.75) is 18.9 Å². The quantitative estimate of drug-likeness (QED) is 0.677. The first-order valence-corrected chi connectivity index (χ1v) is 5.24. The minimum atomic E-state index is -0.435. The van der Waals surface area contributed by atoms with Crippen molar-refractivity contribution in [3.8, 4) is 0 Å². The van der Waals surface area contributed by atoms with E-state index in [1.54, 1.807) is 12.1 Å². The minimum absolute atomic E-state index is 0.156. The van der Waals surface area contributed by atoms with Crippen molar-refractivity contribution in [1.29, 1.82) is 0 Å². The molecule has 1 atom stereocenters. The van der Waals surface area contributed by atoms with Gasteiger partial charge in [0.1, 0.15) is 17.7 Å². The fourth-order valence-corrected chi connectivity index (χ4v) is 1.65. The molecule has 1 saturated heterocycles. The highest BCUT2D eigenvalue weighted by atomic mass is 16.2. The maximum absolute atomic E-state index is 11.8. The van der Waals surface area contributed by atoms with Crippen LogP contribution in [0.15, 0.2) is 12.1 Å². The molecule has 1 unspecified atom stereocenters. The van der Waals surface area contributed by atoms with Crippen molar-refractivity contribution in [3.63, 3.8) is 0 Å². The molecular weight excluding hydrogens is 222 g/mol. The summed E-state index contributed by atoms with van der Waals surface area (Å²) < 4.78 is 0. The second-order valence-corrected chi connectivity index (χ2v) is 3.87. The zero-order chi connectivity index (χ0) is 12.4. The predicted octanol–water partition coefficient (Wildman–Crippen LogP) is -0.382. The average molecular weight is 235 g/mol. The Balaban J connectivity index is 2.06. The SMILES string of the molecule is CN1C(=O)CCC(Nc2ccc(N)nn2)C1=O. The normalized spacial score (nSPS) is 20.5. The van der Waals surface area contributed by atoms with Crippen LogP contribution in [-0.4, -0.2) is 40.0 Å². The van der Waals surface area contributed by atoms with Crippen molar-refractivity contribution in [2.75, 3.05) is 18.1 Å². The van der Waals surface area contributed by atoms with Gasteiger partial charge < -0.3 is 11.1 Å². The van der Waals surface area contributed by atoms with Gasteiger partial charge in [0.2, 0.25) is 5.91 Å². The number of nitrogens with zero attached hydrogens (tertiary/aromatic N) is 3. The second kappa shape index (κ2) is 4.36. The number of imide groups is 1. The van der Waals surface area contributed by atoms with Crippen molar-refractivity contribution in [3.05, 3.63) is 12.1 Å². The lowest BCUT2D eigenvalue weighted by Gasteiger charge is -2.28. The number of likely N-dealkylation sites (tertiary alicyclic amines) is 1. The highest BCUT2D eigenvalue weighted by molar-refractivity contribution is 6.01. The number of carbonyl (C=O) groups excluding carboxylic acids is 2. The van der Waals surface area contributed by atoms with E-state index in [0.717, 1.165) is 4.90 Å². The van der Waals surface area contributed by atoms with Crippen molar-refractivity contribution in [2.24, 2.45) is 0 Å². The first kappa shape index (κ1) is 11.3. The van der Waals surface area contributed by atoms with Crippen molar-refractivity contribution in [1.82, 2.24) is 15.1 Å². The average Bonchev–Trinajstić information content (AvgIpc) is 2.33. The summed E-state index contributed by atoms with van der Waals surface area (Å²) in [6, 6.07) is 2.81. The molecule has 1 aromatic heterocycles. The Morgan fingerprint density at radius 3 is 2.82 bits per heavy atom. The molecule has 1 aliphatic heterocycles. The Morgan fingerprint density at radius 1 is 1.41 bits per heavy atom. The summed E-state index contributed by atoms with van der Waals surface area (Å²) in [6.45, 7) is 0. The van der Waals surface area contributed by atoms with Gasteiger partial charge in [0.05, 0.1) is 0 Å². The third kappa shape index (κ3) is 2.32. The van der Waals surface area contributed by atoms with E-state index in [4.69, 9.17) is 5.73 Å². The molecule has 0 aromatic carbocycles. The molecule has 0 spiro atoms. The number of anilines is 2. The van der Waals surface area contributed by atoms with E-state index < -0.39 is 6.04 Å². The Bertz CT molecular complexity index is 445. The van der Waals surface area contributed by atoms with Crippen molar-refractivity contribution < 1.29 is 9.59 Å². The largest absolute Gasteiger partial charge is 0.382 e. The van der Waals surface area contributed by atoms with E-state index in [2.05, 4.69) is 15.5 Å². The van der Waals surface area contributed by atoms with Crippen LogP contribution in [0.1, 0.15) is 12.8 Å². The molecule has 17 heavy (non-hydrogen) atoms. The number of amides is 2. The molecule has 90 valence electrons. The van der Waals surface area contributed by atoms with E-state index in [0.29, 0.717) is 24.5 Å². The molecule has 2 rings (SSSR count). The van der Waals surface area contributed by atoms with E-state index in [1.807, 2.05) is 0 Å². The molecule has 1 aliphatic rings. The summed E-state index contributed by atoms with van der Waals surface area (Å²) >= 11 is 0. The van der Waals surface area contributed by atoms with Crippen LogP contribution >= 0.6 is 0 Å². The fraction of sp³-hybridized carbons (Fsp3) is 0.400. The Kier molecular flexibility index (Phi) is 2.90. The molecule has 7 heteroatoms. The third-order valence-corrected chi connectivity index (χ3v) is 2.66. The number of hydrogen-bond acceptors (Lipinski definition) is 6. The number of nitrogens with one attached hydrogen (secondary N) is 1. The van der Waals surface area contributed by atoms with E-state index in [9.17, 15) is 9.59 Å². The van der Waals surface area contributed by atoms with Gasteiger partial charge in [0.25, 0.3) is 5.91 Å². The molecule has 1 fully saturated rings. The standard InChI is InChI=1S/C10H13N5O2/c1-15-9(16)5-2-6(10(15)17)12-8-4-3-7(11)13-14-8/h3-4,6H,2,5H2,1H3,(H2,11,13)(H,12,14). The van der Waals surface area contributed by atoms with E-state index in [-0.39, 0.29) is 11.8 Å². The molecule has 7 nitrogen and oxygen atoms in total. The van der Waals surface area contributed by atoms with E-state index in [1.165, 1.54) is 7.05 Å². The molecule has 1 aromatic rings. The molecule has 3 N–H and O–H groups in total. The van der Waals surface area contributed by atoms with Gasteiger partial charge in [-0.3, -0.25) is 14.5 Å². The van der Waals surface area contributed by atoms with Crippen LogP contribution in [0.3, 0.4) is 0 Å². The van der Waals surface area contributed by atoms with Gasteiger partial charge in [0.15, 0.2) is 0 Å². The lowest BCUT2D eigenvalue weighted by molar-refractivity contribution is -0.146. The topological polar surface area (TPSA) is 101 Å². The number of aromatic nitrogens is 2. The Morgan fingerprint density at radius 2 is 2.18 bits per heavy atom. The molecule has 2 heterocycles. The first-order chi connectivity index (χ1) is 8.08. The zero-order valence-corrected chi connectivity index (χ0v) is 9.38. The zero-order valence-electron chi connectivity index (χ0n) is 9.38. The highest BCUT2D eigenvalue weighted by Crippen LogP contribution is 2.15. The van der Waals surface area contributed by atoms with Gasteiger partial charge in [-0.2, -0.15) is 0 Å². The maximum atomic E-state index is 11.8. The fourth-order valence-electron chi connectivity index (χ4n) is 1.65. The third-order valence-electron chi connectivity index (χ3n) is 2.66. The number of piperidine rings is 1. The minimum Gasteiger partial charge on any atom is -0.382 e.